The first-order chi connectivity index (χ1) is 6.60. The largest absolute Gasteiger partial charge is 0.298 e. The number of rotatable bonds is 3. The Hall–Kier alpha value is -0.780. The predicted molar refractivity (Wildman–Crippen MR) is 52.3 cm³/mol. The average Bonchev–Trinajstić information content (AvgIpc) is 2.17. The second kappa shape index (κ2) is 4.63. The molecule has 0 bridgehead atoms. The van der Waals surface area contributed by atoms with Crippen molar-refractivity contribution < 1.29 is 13.4 Å². The Morgan fingerprint density at radius 3 is 2.71 bits per heavy atom. The van der Waals surface area contributed by atoms with Crippen molar-refractivity contribution in [2.75, 3.05) is 7.05 Å². The lowest BCUT2D eigenvalue weighted by Gasteiger charge is -2.04. The van der Waals surface area contributed by atoms with Gasteiger partial charge in [0.1, 0.15) is 16.8 Å². The molecule has 0 spiro atoms. The maximum atomic E-state index is 13.0. The van der Waals surface area contributed by atoms with Crippen LogP contribution in [-0.4, -0.2) is 17.5 Å². The van der Waals surface area contributed by atoms with Gasteiger partial charge in [-0.05, 0) is 19.2 Å². The van der Waals surface area contributed by atoms with Crippen molar-refractivity contribution in [3.8, 4) is 0 Å². The fourth-order valence-corrected chi connectivity index (χ4v) is 1.94. The van der Waals surface area contributed by atoms with Crippen molar-refractivity contribution in [3.05, 3.63) is 28.5 Å². The number of hydrogen-bond acceptors (Lipinski definition) is 2. The molecule has 0 saturated carbocycles. The van der Waals surface area contributed by atoms with E-state index in [2.05, 4.69) is 4.72 Å². The zero-order valence-corrected chi connectivity index (χ0v) is 8.79. The van der Waals surface area contributed by atoms with Gasteiger partial charge in [-0.3, -0.25) is 4.79 Å². The quantitative estimate of drug-likeness (QED) is 0.808. The van der Waals surface area contributed by atoms with Crippen molar-refractivity contribution in [1.29, 1.82) is 0 Å². The zero-order chi connectivity index (χ0) is 10.7. The predicted octanol–water partition coefficient (Wildman–Crippen LogP) is 1.53. The summed E-state index contributed by atoms with van der Waals surface area (Å²) in [5.74, 6) is -0.721. The first-order valence-electron chi connectivity index (χ1n) is 3.63. The molecule has 0 aliphatic heterocycles. The maximum absolute atomic E-state index is 13.0. The first kappa shape index (κ1) is 11.3. The second-order valence-electron chi connectivity index (χ2n) is 2.39. The Kier molecular flexibility index (Phi) is 3.74. The van der Waals surface area contributed by atoms with Crippen LogP contribution in [0.4, 0.5) is 4.39 Å². The van der Waals surface area contributed by atoms with Crippen molar-refractivity contribution in [2.45, 2.75) is 4.90 Å². The van der Waals surface area contributed by atoms with Crippen LogP contribution in [0.15, 0.2) is 17.0 Å². The van der Waals surface area contributed by atoms with E-state index in [-0.39, 0.29) is 15.5 Å². The summed E-state index contributed by atoms with van der Waals surface area (Å²) in [6, 6.07) is 2.13. The molecule has 6 heteroatoms. The van der Waals surface area contributed by atoms with Crippen molar-refractivity contribution in [2.24, 2.45) is 0 Å². The van der Waals surface area contributed by atoms with E-state index in [1.165, 1.54) is 7.05 Å². The molecule has 1 aromatic carbocycles. The number of nitrogens with one attached hydrogen (secondary N) is 1. The van der Waals surface area contributed by atoms with E-state index in [1.807, 2.05) is 0 Å². The minimum absolute atomic E-state index is 0.0285. The molecule has 0 fully saturated rings. The summed E-state index contributed by atoms with van der Waals surface area (Å²) in [5, 5.41) is 0.0285. The summed E-state index contributed by atoms with van der Waals surface area (Å²) < 4.78 is 26.7. The van der Waals surface area contributed by atoms with Crippen LogP contribution in [0.25, 0.3) is 0 Å². The van der Waals surface area contributed by atoms with Crippen LogP contribution in [0, 0.1) is 5.82 Å². The molecule has 0 radical (unpaired) electrons. The van der Waals surface area contributed by atoms with Crippen LogP contribution in [0.5, 0.6) is 0 Å². The fraction of sp³-hybridized carbons (Fsp3) is 0.125. The number of hydrogen-bond donors (Lipinski definition) is 1. The summed E-state index contributed by atoms with van der Waals surface area (Å²) in [4.78, 5) is 10.6. The van der Waals surface area contributed by atoms with Crippen LogP contribution < -0.4 is 4.72 Å². The van der Waals surface area contributed by atoms with E-state index in [4.69, 9.17) is 11.6 Å². The van der Waals surface area contributed by atoms with Gasteiger partial charge in [0.15, 0.2) is 6.29 Å². The van der Waals surface area contributed by atoms with Gasteiger partial charge in [-0.1, -0.05) is 11.6 Å². The molecule has 76 valence electrons. The van der Waals surface area contributed by atoms with E-state index in [9.17, 15) is 13.4 Å². The third-order valence-corrected chi connectivity index (χ3v) is 3.10. The van der Waals surface area contributed by atoms with E-state index in [0.717, 1.165) is 12.1 Å². The standard InChI is InChI=1S/C8H7ClFNO2S/c1-11-14(13)8-2-5(4-12)7(10)3-6(8)9/h2-4,11H,1H3. The highest BCUT2D eigenvalue weighted by atomic mass is 35.5. The number of carbonyl (C=O) groups is 1. The molecular weight excluding hydrogens is 229 g/mol. The van der Waals surface area contributed by atoms with Crippen molar-refractivity contribution in [3.63, 3.8) is 0 Å². The van der Waals surface area contributed by atoms with Crippen LogP contribution in [0.2, 0.25) is 5.02 Å². The van der Waals surface area contributed by atoms with E-state index < -0.39 is 16.8 Å². The normalized spacial score (nSPS) is 12.5. The molecule has 14 heavy (non-hydrogen) atoms. The number of aldehydes is 1. The molecule has 0 amide bonds. The highest BCUT2D eigenvalue weighted by Gasteiger charge is 2.12. The molecule has 0 aliphatic carbocycles. The van der Waals surface area contributed by atoms with E-state index in [0.29, 0.717) is 6.29 Å². The smallest absolute Gasteiger partial charge is 0.153 e. The molecular formula is C8H7ClFNO2S. The number of benzene rings is 1. The Morgan fingerprint density at radius 1 is 1.57 bits per heavy atom. The van der Waals surface area contributed by atoms with Crippen LogP contribution >= 0.6 is 11.6 Å². The van der Waals surface area contributed by atoms with Crippen LogP contribution in [0.3, 0.4) is 0 Å². The summed E-state index contributed by atoms with van der Waals surface area (Å²) in [6.45, 7) is 0. The van der Waals surface area contributed by atoms with Crippen molar-refractivity contribution >= 4 is 28.9 Å². The van der Waals surface area contributed by atoms with Crippen LogP contribution in [0.1, 0.15) is 10.4 Å². The van der Waals surface area contributed by atoms with Gasteiger partial charge in [-0.25, -0.2) is 13.3 Å². The van der Waals surface area contributed by atoms with Gasteiger partial charge in [0.05, 0.1) is 15.5 Å². The molecule has 0 heterocycles. The lowest BCUT2D eigenvalue weighted by atomic mass is 10.2. The second-order valence-corrected chi connectivity index (χ2v) is 4.19. The third-order valence-electron chi connectivity index (χ3n) is 1.56. The lowest BCUT2D eigenvalue weighted by Crippen LogP contribution is -2.11. The van der Waals surface area contributed by atoms with E-state index >= 15 is 0 Å². The van der Waals surface area contributed by atoms with Gasteiger partial charge in [0.2, 0.25) is 0 Å². The molecule has 1 unspecified atom stereocenters. The minimum Gasteiger partial charge on any atom is -0.298 e. The Balaban J connectivity index is 3.30. The van der Waals surface area contributed by atoms with Crippen LogP contribution in [-0.2, 0) is 11.0 Å². The van der Waals surface area contributed by atoms with Gasteiger partial charge in [0.25, 0.3) is 0 Å². The molecule has 1 aromatic rings. The van der Waals surface area contributed by atoms with Gasteiger partial charge in [-0.2, -0.15) is 0 Å². The Bertz CT molecular complexity index is 397. The average molecular weight is 236 g/mol. The highest BCUT2D eigenvalue weighted by molar-refractivity contribution is 7.83. The molecule has 0 aromatic heterocycles. The summed E-state index contributed by atoms with van der Waals surface area (Å²) in [6.07, 6.45) is 0.349. The lowest BCUT2D eigenvalue weighted by molar-refractivity contribution is 0.111. The zero-order valence-electron chi connectivity index (χ0n) is 7.21. The summed E-state index contributed by atoms with van der Waals surface area (Å²) in [7, 11) is -0.0610. The monoisotopic (exact) mass is 235 g/mol. The molecule has 1 atom stereocenters. The van der Waals surface area contributed by atoms with E-state index in [1.54, 1.807) is 0 Å². The topological polar surface area (TPSA) is 46.2 Å². The summed E-state index contributed by atoms with van der Waals surface area (Å²) >= 11 is 5.64. The summed E-state index contributed by atoms with van der Waals surface area (Å²) in [5.41, 5.74) is -0.159. The third kappa shape index (κ3) is 2.17. The molecule has 3 nitrogen and oxygen atoms in total. The Labute approximate surface area is 87.9 Å². The molecule has 0 saturated heterocycles. The van der Waals surface area contributed by atoms with Crippen molar-refractivity contribution in [1.82, 2.24) is 4.72 Å². The SMILES string of the molecule is CNS(=O)c1cc(C=O)c(F)cc1Cl. The molecule has 1 N–H and O–H groups in total. The number of carbonyl (C=O) groups excluding carboxylic acids is 1. The van der Waals surface area contributed by atoms with Gasteiger partial charge in [-0.15, -0.1) is 0 Å². The maximum Gasteiger partial charge on any atom is 0.153 e. The van der Waals surface area contributed by atoms with Gasteiger partial charge < -0.3 is 0 Å². The number of halogens is 2. The molecule has 1 rings (SSSR count). The first-order valence-corrected chi connectivity index (χ1v) is 5.16. The Morgan fingerprint density at radius 2 is 2.21 bits per heavy atom. The highest BCUT2D eigenvalue weighted by Crippen LogP contribution is 2.22. The van der Waals surface area contributed by atoms with Gasteiger partial charge in [0, 0.05) is 0 Å². The molecule has 0 aliphatic rings. The minimum atomic E-state index is -1.53. The fourth-order valence-electron chi connectivity index (χ4n) is 0.887. The van der Waals surface area contributed by atoms with Gasteiger partial charge >= 0.3 is 0 Å².